The van der Waals surface area contributed by atoms with Gasteiger partial charge in [0.25, 0.3) is 0 Å². The molecule has 1 rings (SSSR count). The van der Waals surface area contributed by atoms with Crippen molar-refractivity contribution in [1.82, 2.24) is 10.6 Å². The monoisotopic (exact) mass is 453 g/mol. The van der Waals surface area contributed by atoms with Gasteiger partial charge in [0.1, 0.15) is 24.4 Å². The average molecular weight is 453 g/mol. The van der Waals surface area contributed by atoms with Crippen LogP contribution in [0.3, 0.4) is 0 Å². The molecule has 31 heavy (non-hydrogen) atoms. The van der Waals surface area contributed by atoms with Crippen molar-refractivity contribution in [1.29, 1.82) is 0 Å². The number of carbonyl (C=O) groups excluding carboxylic acids is 3. The van der Waals surface area contributed by atoms with Crippen LogP contribution in [-0.2, 0) is 24.0 Å². The van der Waals surface area contributed by atoms with Crippen molar-refractivity contribution < 1.29 is 38.9 Å². The third-order valence-electron chi connectivity index (χ3n) is 3.74. The van der Waals surface area contributed by atoms with Gasteiger partial charge in [0, 0.05) is 30.9 Å². The molecule has 0 spiro atoms. The summed E-state index contributed by atoms with van der Waals surface area (Å²) in [6, 6.07) is 4.08. The summed E-state index contributed by atoms with van der Waals surface area (Å²) in [6.45, 7) is 0.621. The van der Waals surface area contributed by atoms with E-state index in [9.17, 15) is 29.1 Å². The number of carboxylic acids is 2. The summed E-state index contributed by atoms with van der Waals surface area (Å²) >= 11 is 3.95. The normalized spacial score (nSPS) is 12.6. The standard InChI is InChI=1S/C19H23N3O8S/c1-11(23)30-15-5-3-2-4-12(15)8-20-13(19(28)29)6-7-16(24)22-14(10-31)18(27)21-9-17(25)26/h2-5,8,13-14,31H,6-7,9-10H2,1H3,(H,21,27)(H,22,24)(H,25,26)(H,28,29)/t13-,14-/m0/s1. The third kappa shape index (κ3) is 9.76. The van der Waals surface area contributed by atoms with E-state index in [0.29, 0.717) is 5.56 Å². The van der Waals surface area contributed by atoms with E-state index in [1.807, 2.05) is 0 Å². The highest BCUT2D eigenvalue weighted by atomic mass is 32.1. The SMILES string of the molecule is CC(=O)Oc1ccccc1C=N[C@@H](CCC(=O)N[C@@H](CS)C(=O)NCC(=O)O)C(=O)O. The lowest BCUT2D eigenvalue weighted by Gasteiger charge is -2.16. The van der Waals surface area contributed by atoms with Crippen molar-refractivity contribution in [3.8, 4) is 5.75 Å². The van der Waals surface area contributed by atoms with Gasteiger partial charge in [0.2, 0.25) is 11.8 Å². The molecule has 0 radical (unpaired) electrons. The highest BCUT2D eigenvalue weighted by Gasteiger charge is 2.22. The molecule has 1 aromatic carbocycles. The molecule has 0 aliphatic rings. The van der Waals surface area contributed by atoms with Crippen LogP contribution in [0.25, 0.3) is 0 Å². The molecule has 2 atom stereocenters. The predicted molar refractivity (Wildman–Crippen MR) is 112 cm³/mol. The van der Waals surface area contributed by atoms with Crippen LogP contribution in [0.5, 0.6) is 5.75 Å². The summed E-state index contributed by atoms with van der Waals surface area (Å²) in [4.78, 5) is 61.0. The first-order chi connectivity index (χ1) is 14.6. The molecule has 4 N–H and O–H groups in total. The molecular formula is C19H23N3O8S. The summed E-state index contributed by atoms with van der Waals surface area (Å²) in [5, 5.41) is 22.4. The van der Waals surface area contributed by atoms with Gasteiger partial charge in [-0.2, -0.15) is 12.6 Å². The minimum atomic E-state index is -1.26. The van der Waals surface area contributed by atoms with Gasteiger partial charge in [0.05, 0.1) is 0 Å². The molecule has 2 amide bonds. The van der Waals surface area contributed by atoms with Crippen LogP contribution in [0.15, 0.2) is 29.3 Å². The number of amides is 2. The Morgan fingerprint density at radius 2 is 1.87 bits per heavy atom. The van der Waals surface area contributed by atoms with E-state index < -0.39 is 48.4 Å². The molecule has 0 unspecified atom stereocenters. The van der Waals surface area contributed by atoms with Gasteiger partial charge in [-0.05, 0) is 18.6 Å². The average Bonchev–Trinajstić information content (AvgIpc) is 2.70. The zero-order chi connectivity index (χ0) is 23.4. The zero-order valence-corrected chi connectivity index (χ0v) is 17.5. The number of rotatable bonds is 12. The number of carbonyl (C=O) groups is 5. The first-order valence-corrected chi connectivity index (χ1v) is 9.70. The number of thiol groups is 1. The fourth-order valence-electron chi connectivity index (χ4n) is 2.28. The second-order valence-corrected chi connectivity index (χ2v) is 6.58. The predicted octanol–water partition coefficient (Wildman–Crippen LogP) is -0.120. The van der Waals surface area contributed by atoms with Crippen LogP contribution in [0.1, 0.15) is 25.3 Å². The van der Waals surface area contributed by atoms with Crippen LogP contribution in [0.2, 0.25) is 0 Å². The maximum absolute atomic E-state index is 12.1. The Kier molecular flexibility index (Phi) is 10.8. The van der Waals surface area contributed by atoms with Crippen LogP contribution in [0.4, 0.5) is 0 Å². The van der Waals surface area contributed by atoms with E-state index in [4.69, 9.17) is 9.84 Å². The zero-order valence-electron chi connectivity index (χ0n) is 16.6. The summed E-state index contributed by atoms with van der Waals surface area (Å²) in [5.41, 5.74) is 0.388. The lowest BCUT2D eigenvalue weighted by atomic mass is 10.1. The number of nitrogens with zero attached hydrogens (tertiary/aromatic N) is 1. The minimum absolute atomic E-state index is 0.0787. The maximum atomic E-state index is 12.1. The summed E-state index contributed by atoms with van der Waals surface area (Å²) < 4.78 is 5.03. The van der Waals surface area contributed by atoms with E-state index in [1.165, 1.54) is 19.2 Å². The van der Waals surface area contributed by atoms with Gasteiger partial charge in [-0.15, -0.1) is 0 Å². The number of hydrogen-bond acceptors (Lipinski definition) is 8. The van der Waals surface area contributed by atoms with Crippen molar-refractivity contribution in [2.24, 2.45) is 4.99 Å². The summed E-state index contributed by atoms with van der Waals surface area (Å²) in [5.74, 6) is -4.26. The second-order valence-electron chi connectivity index (χ2n) is 6.22. The molecule has 0 aromatic heterocycles. The molecule has 12 heteroatoms. The Morgan fingerprint density at radius 1 is 1.19 bits per heavy atom. The van der Waals surface area contributed by atoms with Gasteiger partial charge in [-0.25, -0.2) is 4.79 Å². The highest BCUT2D eigenvalue weighted by molar-refractivity contribution is 7.80. The topological polar surface area (TPSA) is 171 Å². The molecule has 0 saturated heterocycles. The summed E-state index contributed by atoms with van der Waals surface area (Å²) in [7, 11) is 0. The van der Waals surface area contributed by atoms with Crippen molar-refractivity contribution in [2.45, 2.75) is 31.8 Å². The molecule has 0 aliphatic heterocycles. The lowest BCUT2D eigenvalue weighted by molar-refractivity contribution is -0.139. The Bertz CT molecular complexity index is 858. The Labute approximate surface area is 183 Å². The minimum Gasteiger partial charge on any atom is -0.480 e. The molecule has 0 heterocycles. The number of para-hydroxylation sites is 1. The smallest absolute Gasteiger partial charge is 0.328 e. The third-order valence-corrected chi connectivity index (χ3v) is 4.11. The number of aliphatic imine (C=N–C) groups is 1. The second kappa shape index (κ2) is 13.0. The van der Waals surface area contributed by atoms with E-state index >= 15 is 0 Å². The fraction of sp³-hybridized carbons (Fsp3) is 0.368. The molecule has 0 saturated carbocycles. The number of esters is 1. The number of ether oxygens (including phenoxy) is 1. The fourth-order valence-corrected chi connectivity index (χ4v) is 2.54. The Hall–Kier alpha value is -3.41. The number of hydrogen-bond donors (Lipinski definition) is 5. The largest absolute Gasteiger partial charge is 0.480 e. The van der Waals surface area contributed by atoms with Crippen LogP contribution in [0, 0.1) is 0 Å². The molecule has 11 nitrogen and oxygen atoms in total. The Balaban J connectivity index is 2.72. The Morgan fingerprint density at radius 3 is 2.45 bits per heavy atom. The lowest BCUT2D eigenvalue weighted by Crippen LogP contribution is -2.49. The number of carboxylic acid groups (broad SMARTS) is 2. The summed E-state index contributed by atoms with van der Waals surface area (Å²) in [6.07, 6.45) is 0.824. The molecule has 168 valence electrons. The molecule has 0 bridgehead atoms. The van der Waals surface area contributed by atoms with E-state index in [1.54, 1.807) is 18.2 Å². The molecular weight excluding hydrogens is 430 g/mol. The number of nitrogens with one attached hydrogen (secondary N) is 2. The van der Waals surface area contributed by atoms with E-state index in [0.717, 1.165) is 0 Å². The van der Waals surface area contributed by atoms with Gasteiger partial charge in [-0.1, -0.05) is 12.1 Å². The van der Waals surface area contributed by atoms with Gasteiger partial charge in [0.15, 0.2) is 0 Å². The van der Waals surface area contributed by atoms with Crippen molar-refractivity contribution in [2.75, 3.05) is 12.3 Å². The van der Waals surface area contributed by atoms with Crippen molar-refractivity contribution in [3.63, 3.8) is 0 Å². The molecule has 0 fully saturated rings. The molecule has 1 aromatic rings. The van der Waals surface area contributed by atoms with Gasteiger partial charge >= 0.3 is 17.9 Å². The highest BCUT2D eigenvalue weighted by Crippen LogP contribution is 2.16. The first kappa shape index (κ1) is 25.6. The number of benzene rings is 1. The molecule has 0 aliphatic carbocycles. The quantitative estimate of drug-likeness (QED) is 0.126. The number of aliphatic carboxylic acids is 2. The van der Waals surface area contributed by atoms with Crippen molar-refractivity contribution in [3.05, 3.63) is 29.8 Å². The maximum Gasteiger partial charge on any atom is 0.328 e. The van der Waals surface area contributed by atoms with Crippen LogP contribution in [-0.4, -0.2) is 70.5 Å². The van der Waals surface area contributed by atoms with Crippen molar-refractivity contribution >= 4 is 48.6 Å². The first-order valence-electron chi connectivity index (χ1n) is 9.07. The van der Waals surface area contributed by atoms with Crippen LogP contribution < -0.4 is 15.4 Å². The van der Waals surface area contributed by atoms with Crippen LogP contribution >= 0.6 is 12.6 Å². The van der Waals surface area contributed by atoms with Gasteiger partial charge < -0.3 is 25.6 Å². The van der Waals surface area contributed by atoms with E-state index in [-0.39, 0.29) is 24.3 Å². The van der Waals surface area contributed by atoms with E-state index in [2.05, 4.69) is 28.3 Å². The van der Waals surface area contributed by atoms with Gasteiger partial charge in [-0.3, -0.25) is 24.2 Å².